The van der Waals surface area contributed by atoms with Gasteiger partial charge in [0.25, 0.3) is 0 Å². The van der Waals surface area contributed by atoms with E-state index in [0.29, 0.717) is 0 Å². The molecule has 2 atom stereocenters. The molecule has 1 rings (SSSR count). The summed E-state index contributed by atoms with van der Waals surface area (Å²) >= 11 is 0. The fourth-order valence-electron chi connectivity index (χ4n) is 1.23. The monoisotopic (exact) mass is 170 g/mol. The number of hydrogen-bond acceptors (Lipinski definition) is 2. The second-order valence-electron chi connectivity index (χ2n) is 2.87. The summed E-state index contributed by atoms with van der Waals surface area (Å²) in [6.45, 7) is -1.02. The smallest absolute Gasteiger partial charge is 0.395 e. The lowest BCUT2D eigenvalue weighted by Gasteiger charge is -2.46. The molecule has 0 spiro atoms. The standard InChI is InChI=1S/C6H9F3O2/c7-6(8,9)5(3-10)2-1-4(5)11/h4,10-11H,1-3H2/t4-,5+/m1/s1. The summed E-state index contributed by atoms with van der Waals surface area (Å²) < 4.78 is 36.3. The van der Waals surface area contributed by atoms with Crippen LogP contribution in [-0.4, -0.2) is 29.1 Å². The third kappa shape index (κ3) is 1.03. The van der Waals surface area contributed by atoms with Gasteiger partial charge in [-0.3, -0.25) is 0 Å². The Balaban J connectivity index is 2.77. The lowest BCUT2D eigenvalue weighted by molar-refractivity contribution is -0.299. The zero-order valence-corrected chi connectivity index (χ0v) is 5.73. The molecule has 11 heavy (non-hydrogen) atoms. The second-order valence-corrected chi connectivity index (χ2v) is 2.87. The van der Waals surface area contributed by atoms with Crippen LogP contribution in [0.2, 0.25) is 0 Å². The van der Waals surface area contributed by atoms with Gasteiger partial charge in [-0.2, -0.15) is 13.2 Å². The topological polar surface area (TPSA) is 40.5 Å². The molecule has 1 fully saturated rings. The zero-order chi connectivity index (χ0) is 8.70. The first-order valence-electron chi connectivity index (χ1n) is 3.30. The second kappa shape index (κ2) is 2.35. The Morgan fingerprint density at radius 2 is 2.00 bits per heavy atom. The lowest BCUT2D eigenvalue weighted by atomic mass is 9.66. The average molecular weight is 170 g/mol. The van der Waals surface area contributed by atoms with Crippen LogP contribution in [0.3, 0.4) is 0 Å². The van der Waals surface area contributed by atoms with E-state index in [2.05, 4.69) is 0 Å². The molecule has 0 aromatic carbocycles. The van der Waals surface area contributed by atoms with E-state index in [1.54, 1.807) is 0 Å². The highest BCUT2D eigenvalue weighted by Gasteiger charge is 2.63. The molecular weight excluding hydrogens is 161 g/mol. The Morgan fingerprint density at radius 1 is 1.45 bits per heavy atom. The third-order valence-electron chi connectivity index (χ3n) is 2.35. The number of aliphatic hydroxyl groups is 2. The van der Waals surface area contributed by atoms with Crippen molar-refractivity contribution >= 4 is 0 Å². The first-order chi connectivity index (χ1) is 4.94. The fourth-order valence-corrected chi connectivity index (χ4v) is 1.23. The Morgan fingerprint density at radius 3 is 2.00 bits per heavy atom. The average Bonchev–Trinajstić information content (AvgIpc) is 1.84. The van der Waals surface area contributed by atoms with E-state index in [0.717, 1.165) is 0 Å². The van der Waals surface area contributed by atoms with Gasteiger partial charge in [-0.25, -0.2) is 0 Å². The van der Waals surface area contributed by atoms with Crippen molar-refractivity contribution in [2.45, 2.75) is 25.1 Å². The predicted molar refractivity (Wildman–Crippen MR) is 30.8 cm³/mol. The zero-order valence-electron chi connectivity index (χ0n) is 5.73. The molecule has 0 saturated heterocycles. The molecule has 0 radical (unpaired) electrons. The van der Waals surface area contributed by atoms with E-state index >= 15 is 0 Å². The first-order valence-corrected chi connectivity index (χ1v) is 3.30. The fraction of sp³-hybridized carbons (Fsp3) is 1.00. The Hall–Kier alpha value is -0.290. The molecule has 66 valence electrons. The van der Waals surface area contributed by atoms with Crippen molar-refractivity contribution in [3.8, 4) is 0 Å². The van der Waals surface area contributed by atoms with Crippen molar-refractivity contribution in [2.24, 2.45) is 5.41 Å². The van der Waals surface area contributed by atoms with Gasteiger partial charge in [0, 0.05) is 0 Å². The van der Waals surface area contributed by atoms with Crippen molar-refractivity contribution in [3.05, 3.63) is 0 Å². The van der Waals surface area contributed by atoms with Crippen LogP contribution >= 0.6 is 0 Å². The molecule has 0 aliphatic heterocycles. The van der Waals surface area contributed by atoms with Crippen LogP contribution in [0.4, 0.5) is 13.2 Å². The molecule has 1 aliphatic carbocycles. The normalized spacial score (nSPS) is 38.5. The SMILES string of the molecule is OC[C@@]1(C(F)(F)F)CC[C@H]1O. The minimum absolute atomic E-state index is 0.125. The Kier molecular flexibility index (Phi) is 1.88. The number of rotatable bonds is 1. The summed E-state index contributed by atoms with van der Waals surface area (Å²) in [4.78, 5) is 0. The van der Waals surface area contributed by atoms with Gasteiger partial charge in [0.15, 0.2) is 0 Å². The van der Waals surface area contributed by atoms with Crippen LogP contribution in [0.25, 0.3) is 0 Å². The van der Waals surface area contributed by atoms with Gasteiger partial charge in [0.1, 0.15) is 5.41 Å². The van der Waals surface area contributed by atoms with Crippen LogP contribution in [-0.2, 0) is 0 Å². The van der Waals surface area contributed by atoms with E-state index in [1.807, 2.05) is 0 Å². The number of alkyl halides is 3. The summed E-state index contributed by atoms with van der Waals surface area (Å²) in [5.41, 5.74) is -2.23. The van der Waals surface area contributed by atoms with Gasteiger partial charge in [-0.15, -0.1) is 0 Å². The van der Waals surface area contributed by atoms with Gasteiger partial charge in [0.05, 0.1) is 12.7 Å². The molecule has 2 N–H and O–H groups in total. The molecule has 0 amide bonds. The number of hydrogen-bond donors (Lipinski definition) is 2. The summed E-state index contributed by atoms with van der Waals surface area (Å²) in [6, 6.07) is 0. The maximum Gasteiger partial charge on any atom is 0.399 e. The van der Waals surface area contributed by atoms with Crippen molar-refractivity contribution in [2.75, 3.05) is 6.61 Å². The van der Waals surface area contributed by atoms with Gasteiger partial charge in [0.2, 0.25) is 0 Å². The molecule has 0 aromatic rings. The third-order valence-corrected chi connectivity index (χ3v) is 2.35. The maximum atomic E-state index is 12.1. The molecule has 0 heterocycles. The van der Waals surface area contributed by atoms with Crippen LogP contribution in [0.5, 0.6) is 0 Å². The summed E-state index contributed by atoms with van der Waals surface area (Å²) in [5, 5.41) is 17.3. The molecular formula is C6H9F3O2. The Bertz CT molecular complexity index is 152. The summed E-state index contributed by atoms with van der Waals surface area (Å²) in [7, 11) is 0. The molecule has 0 unspecified atom stereocenters. The van der Waals surface area contributed by atoms with E-state index in [9.17, 15) is 13.2 Å². The highest BCUT2D eigenvalue weighted by atomic mass is 19.4. The summed E-state index contributed by atoms with van der Waals surface area (Å²) in [5.74, 6) is 0. The molecule has 5 heteroatoms. The molecule has 2 nitrogen and oxygen atoms in total. The van der Waals surface area contributed by atoms with Crippen molar-refractivity contribution in [1.82, 2.24) is 0 Å². The van der Waals surface area contributed by atoms with Crippen LogP contribution in [0.15, 0.2) is 0 Å². The van der Waals surface area contributed by atoms with Crippen molar-refractivity contribution in [3.63, 3.8) is 0 Å². The van der Waals surface area contributed by atoms with E-state index in [4.69, 9.17) is 10.2 Å². The quantitative estimate of drug-likeness (QED) is 0.607. The van der Waals surface area contributed by atoms with Gasteiger partial charge in [-0.05, 0) is 12.8 Å². The lowest BCUT2D eigenvalue weighted by Crippen LogP contribution is -2.57. The molecule has 1 aliphatic rings. The minimum atomic E-state index is -4.49. The molecule has 0 bridgehead atoms. The number of halogens is 3. The largest absolute Gasteiger partial charge is 0.399 e. The predicted octanol–water partition coefficient (Wildman–Crippen LogP) is 0.682. The molecule has 1 saturated carbocycles. The summed E-state index contributed by atoms with van der Waals surface area (Å²) in [6.07, 6.45) is -5.96. The van der Waals surface area contributed by atoms with Gasteiger partial charge >= 0.3 is 6.18 Å². The van der Waals surface area contributed by atoms with Crippen LogP contribution in [0.1, 0.15) is 12.8 Å². The van der Waals surface area contributed by atoms with E-state index < -0.39 is 24.3 Å². The Labute approximate surface area is 61.6 Å². The minimum Gasteiger partial charge on any atom is -0.395 e. The van der Waals surface area contributed by atoms with Crippen molar-refractivity contribution < 1.29 is 23.4 Å². The maximum absolute atomic E-state index is 12.1. The van der Waals surface area contributed by atoms with E-state index in [1.165, 1.54) is 0 Å². The van der Waals surface area contributed by atoms with Crippen LogP contribution < -0.4 is 0 Å². The van der Waals surface area contributed by atoms with E-state index in [-0.39, 0.29) is 12.8 Å². The first kappa shape index (κ1) is 8.80. The van der Waals surface area contributed by atoms with Crippen molar-refractivity contribution in [1.29, 1.82) is 0 Å². The highest BCUT2D eigenvalue weighted by Crippen LogP contribution is 2.52. The van der Waals surface area contributed by atoms with Crippen LogP contribution in [0, 0.1) is 5.41 Å². The molecule has 0 aromatic heterocycles. The highest BCUT2D eigenvalue weighted by molar-refractivity contribution is 5.00. The van der Waals surface area contributed by atoms with Gasteiger partial charge in [-0.1, -0.05) is 0 Å². The van der Waals surface area contributed by atoms with Gasteiger partial charge < -0.3 is 10.2 Å². The number of aliphatic hydroxyl groups excluding tert-OH is 2.